The lowest BCUT2D eigenvalue weighted by Crippen LogP contribution is -2.37. The molecule has 0 radical (unpaired) electrons. The molecule has 162 valence electrons. The molecule has 30 heavy (non-hydrogen) atoms. The fourth-order valence-electron chi connectivity index (χ4n) is 3.01. The highest BCUT2D eigenvalue weighted by molar-refractivity contribution is 7.92. The van der Waals surface area contributed by atoms with Gasteiger partial charge in [0.25, 0.3) is 0 Å². The number of aryl methyl sites for hydroxylation is 1. The van der Waals surface area contributed by atoms with Gasteiger partial charge in [-0.2, -0.15) is 0 Å². The van der Waals surface area contributed by atoms with Crippen LogP contribution in [0.3, 0.4) is 0 Å². The van der Waals surface area contributed by atoms with Gasteiger partial charge in [0.1, 0.15) is 5.75 Å². The Morgan fingerprint density at radius 1 is 1.03 bits per heavy atom. The molecule has 3 rings (SSSR count). The van der Waals surface area contributed by atoms with Crippen molar-refractivity contribution < 1.29 is 13.2 Å². The second kappa shape index (κ2) is 10.3. The molecule has 0 N–H and O–H groups in total. The second-order valence-corrected chi connectivity index (χ2v) is 10.2. The molecule has 9 heteroatoms. The van der Waals surface area contributed by atoms with E-state index in [1.165, 1.54) is 28.4 Å². The number of rotatable bonds is 8. The van der Waals surface area contributed by atoms with Gasteiger partial charge in [0, 0.05) is 6.54 Å². The molecule has 2 aromatic carbocycles. The minimum atomic E-state index is -3.72. The van der Waals surface area contributed by atoms with Gasteiger partial charge in [-0.05, 0) is 57.7 Å². The first kappa shape index (κ1) is 24.3. The number of hydrogen-bond donors (Lipinski definition) is 0. The van der Waals surface area contributed by atoms with Crippen molar-refractivity contribution in [3.63, 3.8) is 0 Å². The Balaban J connectivity index is 0.00000320. The molecule has 1 heterocycles. The summed E-state index contributed by atoms with van der Waals surface area (Å²) in [5.41, 5.74) is 1.88. The SMILES string of the molecule is Cc1cccc2sc(N(CCCN(C)C)C(=O)CS(=O)(=O)c3ccccc3)nc12.Cl. The maximum atomic E-state index is 13.1. The number of carbonyl (C=O) groups excluding carboxylic acids is 1. The van der Waals surface area contributed by atoms with Crippen LogP contribution in [0.4, 0.5) is 5.13 Å². The summed E-state index contributed by atoms with van der Waals surface area (Å²) in [6, 6.07) is 14.0. The Morgan fingerprint density at radius 2 is 1.73 bits per heavy atom. The molecule has 0 aliphatic heterocycles. The number of sulfone groups is 1. The van der Waals surface area contributed by atoms with E-state index >= 15 is 0 Å². The molecule has 6 nitrogen and oxygen atoms in total. The first-order valence-corrected chi connectivity index (χ1v) is 11.8. The van der Waals surface area contributed by atoms with E-state index in [0.717, 1.165) is 28.7 Å². The van der Waals surface area contributed by atoms with Crippen LogP contribution < -0.4 is 4.90 Å². The molecule has 0 bridgehead atoms. The van der Waals surface area contributed by atoms with Crippen molar-refractivity contribution in [1.82, 2.24) is 9.88 Å². The number of halogens is 1. The number of hydrogen-bond acceptors (Lipinski definition) is 6. The van der Waals surface area contributed by atoms with Crippen molar-refractivity contribution in [3.8, 4) is 0 Å². The molecule has 3 aromatic rings. The van der Waals surface area contributed by atoms with E-state index in [-0.39, 0.29) is 17.3 Å². The number of amides is 1. The summed E-state index contributed by atoms with van der Waals surface area (Å²) in [5.74, 6) is -1.03. The van der Waals surface area contributed by atoms with Crippen LogP contribution in [0, 0.1) is 6.92 Å². The van der Waals surface area contributed by atoms with Crippen LogP contribution in [0.5, 0.6) is 0 Å². The van der Waals surface area contributed by atoms with Gasteiger partial charge in [-0.1, -0.05) is 41.7 Å². The third-order valence-corrected chi connectivity index (χ3v) is 7.21. The summed E-state index contributed by atoms with van der Waals surface area (Å²) in [4.78, 5) is 21.4. The quantitative estimate of drug-likeness (QED) is 0.504. The standard InChI is InChI=1S/C21H25N3O3S2.ClH/c1-16-9-7-12-18-20(16)22-21(28-18)24(14-8-13-23(2)3)19(25)15-29(26,27)17-10-5-4-6-11-17;/h4-7,9-12H,8,13-15H2,1-3H3;1H. The Morgan fingerprint density at radius 3 is 2.37 bits per heavy atom. The highest BCUT2D eigenvalue weighted by atomic mass is 35.5. The van der Waals surface area contributed by atoms with Gasteiger partial charge in [0.15, 0.2) is 15.0 Å². The summed E-state index contributed by atoms with van der Waals surface area (Å²) in [7, 11) is 0.214. The fraction of sp³-hybridized carbons (Fsp3) is 0.333. The van der Waals surface area contributed by atoms with Crippen molar-refractivity contribution in [3.05, 3.63) is 54.1 Å². The van der Waals surface area contributed by atoms with Crippen LogP contribution in [-0.4, -0.2) is 57.1 Å². The molecule has 0 saturated carbocycles. The van der Waals surface area contributed by atoms with E-state index in [1.54, 1.807) is 18.2 Å². The maximum Gasteiger partial charge on any atom is 0.244 e. The van der Waals surface area contributed by atoms with Gasteiger partial charge in [-0.15, -0.1) is 12.4 Å². The minimum Gasteiger partial charge on any atom is -0.309 e. The Hall–Kier alpha value is -2.00. The minimum absolute atomic E-state index is 0. The van der Waals surface area contributed by atoms with Crippen molar-refractivity contribution in [2.45, 2.75) is 18.2 Å². The molecular formula is C21H26ClN3O3S2. The lowest BCUT2D eigenvalue weighted by Gasteiger charge is -2.21. The van der Waals surface area contributed by atoms with E-state index in [0.29, 0.717) is 11.7 Å². The van der Waals surface area contributed by atoms with Crippen LogP contribution in [-0.2, 0) is 14.6 Å². The van der Waals surface area contributed by atoms with E-state index in [9.17, 15) is 13.2 Å². The summed E-state index contributed by atoms with van der Waals surface area (Å²) in [6.07, 6.45) is 0.721. The first-order valence-electron chi connectivity index (χ1n) is 9.37. The van der Waals surface area contributed by atoms with Crippen LogP contribution in [0.2, 0.25) is 0 Å². The van der Waals surface area contributed by atoms with Crippen LogP contribution in [0.25, 0.3) is 10.2 Å². The predicted molar refractivity (Wildman–Crippen MR) is 126 cm³/mol. The highest BCUT2D eigenvalue weighted by Gasteiger charge is 2.26. The van der Waals surface area contributed by atoms with Gasteiger partial charge < -0.3 is 4.90 Å². The maximum absolute atomic E-state index is 13.1. The van der Waals surface area contributed by atoms with Crippen molar-refractivity contribution >= 4 is 54.8 Å². The monoisotopic (exact) mass is 467 g/mol. The van der Waals surface area contributed by atoms with E-state index in [2.05, 4.69) is 4.98 Å². The summed E-state index contributed by atoms with van der Waals surface area (Å²) in [6.45, 7) is 3.18. The largest absolute Gasteiger partial charge is 0.309 e. The molecule has 0 aliphatic rings. The zero-order chi connectivity index (χ0) is 21.0. The molecule has 0 aliphatic carbocycles. The molecule has 0 fully saturated rings. The third kappa shape index (κ3) is 5.78. The number of benzene rings is 2. The summed E-state index contributed by atoms with van der Waals surface area (Å²) < 4.78 is 26.4. The number of thiazole rings is 1. The Kier molecular flexibility index (Phi) is 8.37. The molecule has 1 aromatic heterocycles. The normalized spacial score (nSPS) is 11.5. The number of anilines is 1. The van der Waals surface area contributed by atoms with E-state index in [1.807, 2.05) is 44.1 Å². The number of nitrogens with zero attached hydrogens (tertiary/aromatic N) is 3. The highest BCUT2D eigenvalue weighted by Crippen LogP contribution is 2.31. The third-order valence-electron chi connectivity index (χ3n) is 4.54. The first-order chi connectivity index (χ1) is 13.8. The predicted octanol–water partition coefficient (Wildman–Crippen LogP) is 3.79. The molecule has 0 spiro atoms. The van der Waals surface area contributed by atoms with E-state index in [4.69, 9.17) is 0 Å². The van der Waals surface area contributed by atoms with Gasteiger partial charge in [-0.25, -0.2) is 13.4 Å². The van der Waals surface area contributed by atoms with Crippen molar-refractivity contribution in [2.75, 3.05) is 37.8 Å². The van der Waals surface area contributed by atoms with Gasteiger partial charge >= 0.3 is 0 Å². The van der Waals surface area contributed by atoms with Crippen molar-refractivity contribution in [2.24, 2.45) is 0 Å². The Labute approximate surface area is 187 Å². The number of carbonyl (C=O) groups is 1. The van der Waals surface area contributed by atoms with Gasteiger partial charge in [0.05, 0.1) is 15.1 Å². The smallest absolute Gasteiger partial charge is 0.244 e. The average molecular weight is 468 g/mol. The zero-order valence-corrected chi connectivity index (χ0v) is 19.7. The van der Waals surface area contributed by atoms with E-state index < -0.39 is 21.5 Å². The molecule has 0 atom stereocenters. The van der Waals surface area contributed by atoms with Crippen LogP contribution >= 0.6 is 23.7 Å². The topological polar surface area (TPSA) is 70.6 Å². The van der Waals surface area contributed by atoms with Crippen molar-refractivity contribution in [1.29, 1.82) is 0 Å². The van der Waals surface area contributed by atoms with Gasteiger partial charge in [0.2, 0.25) is 5.91 Å². The number of fused-ring (bicyclic) bond motifs is 1. The van der Waals surface area contributed by atoms with Gasteiger partial charge in [-0.3, -0.25) is 9.69 Å². The molecule has 1 amide bonds. The average Bonchev–Trinajstić information content (AvgIpc) is 3.10. The summed E-state index contributed by atoms with van der Waals surface area (Å²) in [5, 5.41) is 0.543. The van der Waals surface area contributed by atoms with Crippen LogP contribution in [0.1, 0.15) is 12.0 Å². The zero-order valence-electron chi connectivity index (χ0n) is 17.2. The second-order valence-electron chi connectivity index (χ2n) is 7.19. The number of para-hydroxylation sites is 1. The molecular weight excluding hydrogens is 442 g/mol. The summed E-state index contributed by atoms with van der Waals surface area (Å²) >= 11 is 1.41. The molecule has 0 saturated heterocycles. The number of aromatic nitrogens is 1. The molecule has 0 unspecified atom stereocenters. The lowest BCUT2D eigenvalue weighted by molar-refractivity contribution is -0.116. The fourth-order valence-corrected chi connectivity index (χ4v) is 5.32. The lowest BCUT2D eigenvalue weighted by atomic mass is 10.2. The van der Waals surface area contributed by atoms with Crippen LogP contribution in [0.15, 0.2) is 53.4 Å². The Bertz CT molecular complexity index is 1100.